The molecule has 0 saturated carbocycles. The predicted octanol–water partition coefficient (Wildman–Crippen LogP) is 3.76. The molecule has 0 atom stereocenters. The number of aryl methyl sites for hydroxylation is 1. The van der Waals surface area contributed by atoms with Crippen molar-refractivity contribution in [2.75, 3.05) is 5.73 Å². The van der Waals surface area contributed by atoms with Crippen molar-refractivity contribution in [1.82, 2.24) is 9.78 Å². The van der Waals surface area contributed by atoms with Crippen LogP contribution in [0.15, 0.2) is 24.3 Å². The fourth-order valence-electron chi connectivity index (χ4n) is 2.51. The highest BCUT2D eigenvalue weighted by Crippen LogP contribution is 2.20. The summed E-state index contributed by atoms with van der Waals surface area (Å²) in [5.41, 5.74) is 11.8. The Labute approximate surface area is 121 Å². The van der Waals surface area contributed by atoms with Crippen molar-refractivity contribution in [3.05, 3.63) is 46.8 Å². The largest absolute Gasteiger partial charge is 0.396 e. The number of rotatable bonds is 5. The average Bonchev–Trinajstić information content (AvgIpc) is 2.74. The van der Waals surface area contributed by atoms with E-state index in [-0.39, 0.29) is 0 Å². The third-order valence-electron chi connectivity index (χ3n) is 3.82. The number of hydrogen-bond donors (Lipinski definition) is 1. The van der Waals surface area contributed by atoms with E-state index < -0.39 is 0 Å². The molecular formula is C17H25N3. The molecule has 2 aromatic rings. The Bertz CT molecular complexity index is 565. The Morgan fingerprint density at radius 1 is 1.10 bits per heavy atom. The van der Waals surface area contributed by atoms with Gasteiger partial charge in [-0.3, -0.25) is 4.68 Å². The minimum Gasteiger partial charge on any atom is -0.396 e. The molecule has 0 aliphatic heterocycles. The number of nitrogens with zero attached hydrogens (tertiary/aromatic N) is 2. The molecule has 0 amide bonds. The Balaban J connectivity index is 2.25. The molecular weight excluding hydrogens is 246 g/mol. The van der Waals surface area contributed by atoms with Crippen LogP contribution in [0.3, 0.4) is 0 Å². The van der Waals surface area contributed by atoms with Gasteiger partial charge in [0.25, 0.3) is 0 Å². The zero-order valence-electron chi connectivity index (χ0n) is 13.0. The van der Waals surface area contributed by atoms with E-state index in [9.17, 15) is 0 Å². The molecule has 108 valence electrons. The van der Waals surface area contributed by atoms with Crippen molar-refractivity contribution < 1.29 is 0 Å². The molecule has 2 N–H and O–H groups in total. The van der Waals surface area contributed by atoms with Gasteiger partial charge in [0, 0.05) is 0 Å². The monoisotopic (exact) mass is 271 g/mol. The van der Waals surface area contributed by atoms with Crippen LogP contribution >= 0.6 is 0 Å². The van der Waals surface area contributed by atoms with Gasteiger partial charge < -0.3 is 5.73 Å². The van der Waals surface area contributed by atoms with E-state index >= 15 is 0 Å². The Morgan fingerprint density at radius 2 is 1.75 bits per heavy atom. The Kier molecular flexibility index (Phi) is 4.48. The van der Waals surface area contributed by atoms with Gasteiger partial charge in [0.15, 0.2) is 0 Å². The molecule has 1 aromatic carbocycles. The molecule has 1 aromatic heterocycles. The van der Waals surface area contributed by atoms with Gasteiger partial charge in [0.2, 0.25) is 0 Å². The first kappa shape index (κ1) is 14.6. The Hall–Kier alpha value is -1.77. The van der Waals surface area contributed by atoms with E-state index in [0.29, 0.717) is 5.92 Å². The molecule has 0 saturated heterocycles. The summed E-state index contributed by atoms with van der Waals surface area (Å²) in [5.74, 6) is 0.572. The van der Waals surface area contributed by atoms with Crippen LogP contribution in [-0.2, 0) is 19.4 Å². The van der Waals surface area contributed by atoms with E-state index in [4.69, 9.17) is 5.73 Å². The highest BCUT2D eigenvalue weighted by atomic mass is 15.3. The molecule has 3 nitrogen and oxygen atoms in total. The highest BCUT2D eigenvalue weighted by molar-refractivity contribution is 5.48. The lowest BCUT2D eigenvalue weighted by Crippen LogP contribution is -2.06. The predicted molar refractivity (Wildman–Crippen MR) is 85.0 cm³/mol. The van der Waals surface area contributed by atoms with Crippen molar-refractivity contribution in [3.63, 3.8) is 0 Å². The molecule has 0 spiro atoms. The number of nitrogens with two attached hydrogens (primary N) is 1. The van der Waals surface area contributed by atoms with Crippen LogP contribution in [0.1, 0.15) is 56.1 Å². The molecule has 0 fully saturated rings. The molecule has 2 rings (SSSR count). The SMILES string of the molecule is CCc1nn(Cc2ccc(C(C)C)cc2)c(CC)c1N. The van der Waals surface area contributed by atoms with Crippen LogP contribution < -0.4 is 5.73 Å². The summed E-state index contributed by atoms with van der Waals surface area (Å²) >= 11 is 0. The lowest BCUT2D eigenvalue weighted by molar-refractivity contribution is 0.640. The summed E-state index contributed by atoms with van der Waals surface area (Å²) < 4.78 is 2.05. The standard InChI is InChI=1S/C17H25N3/c1-5-15-17(18)16(6-2)20(19-15)11-13-7-9-14(10-8-13)12(3)4/h7-10,12H,5-6,11,18H2,1-4H3. The lowest BCUT2D eigenvalue weighted by Gasteiger charge is -2.09. The number of hydrogen-bond acceptors (Lipinski definition) is 2. The van der Waals surface area contributed by atoms with Gasteiger partial charge in [-0.15, -0.1) is 0 Å². The van der Waals surface area contributed by atoms with Crippen molar-refractivity contribution in [2.45, 2.75) is 53.0 Å². The first-order valence-corrected chi connectivity index (χ1v) is 7.49. The van der Waals surface area contributed by atoms with Gasteiger partial charge >= 0.3 is 0 Å². The van der Waals surface area contributed by atoms with E-state index in [0.717, 1.165) is 36.5 Å². The van der Waals surface area contributed by atoms with Crippen molar-refractivity contribution in [2.24, 2.45) is 0 Å². The van der Waals surface area contributed by atoms with Crippen molar-refractivity contribution in [1.29, 1.82) is 0 Å². The number of aromatic nitrogens is 2. The van der Waals surface area contributed by atoms with Crippen LogP contribution in [0.25, 0.3) is 0 Å². The second kappa shape index (κ2) is 6.12. The summed E-state index contributed by atoms with van der Waals surface area (Å²) in [6, 6.07) is 8.80. The van der Waals surface area contributed by atoms with E-state index in [1.165, 1.54) is 11.1 Å². The zero-order chi connectivity index (χ0) is 14.7. The zero-order valence-corrected chi connectivity index (χ0v) is 13.0. The van der Waals surface area contributed by atoms with E-state index in [1.807, 2.05) is 0 Å². The second-order valence-corrected chi connectivity index (χ2v) is 5.57. The molecule has 0 unspecified atom stereocenters. The summed E-state index contributed by atoms with van der Waals surface area (Å²) in [6.07, 6.45) is 1.81. The van der Waals surface area contributed by atoms with Crippen molar-refractivity contribution in [3.8, 4) is 0 Å². The maximum absolute atomic E-state index is 6.16. The smallest absolute Gasteiger partial charge is 0.0854 e. The first-order valence-electron chi connectivity index (χ1n) is 7.49. The number of nitrogen functional groups attached to an aromatic ring is 1. The summed E-state index contributed by atoms with van der Waals surface area (Å²) in [4.78, 5) is 0. The normalized spacial score (nSPS) is 11.2. The van der Waals surface area contributed by atoms with Gasteiger partial charge in [-0.2, -0.15) is 5.10 Å². The molecule has 1 heterocycles. The quantitative estimate of drug-likeness (QED) is 0.899. The van der Waals surface area contributed by atoms with Crippen molar-refractivity contribution >= 4 is 5.69 Å². The van der Waals surface area contributed by atoms with Gasteiger partial charge in [-0.1, -0.05) is 52.0 Å². The highest BCUT2D eigenvalue weighted by Gasteiger charge is 2.12. The number of benzene rings is 1. The van der Waals surface area contributed by atoms with Gasteiger partial charge in [0.05, 0.1) is 23.6 Å². The second-order valence-electron chi connectivity index (χ2n) is 5.57. The molecule has 20 heavy (non-hydrogen) atoms. The van der Waals surface area contributed by atoms with Crippen LogP contribution in [0, 0.1) is 0 Å². The Morgan fingerprint density at radius 3 is 2.25 bits per heavy atom. The third kappa shape index (κ3) is 2.87. The molecule has 0 aliphatic rings. The minimum absolute atomic E-state index is 0.572. The minimum atomic E-state index is 0.572. The first-order chi connectivity index (χ1) is 9.56. The maximum atomic E-state index is 6.16. The fourth-order valence-corrected chi connectivity index (χ4v) is 2.51. The average molecular weight is 271 g/mol. The van der Waals surface area contributed by atoms with Crippen LogP contribution in [0.2, 0.25) is 0 Å². The molecule has 0 aliphatic carbocycles. The van der Waals surface area contributed by atoms with Crippen LogP contribution in [-0.4, -0.2) is 9.78 Å². The maximum Gasteiger partial charge on any atom is 0.0854 e. The third-order valence-corrected chi connectivity index (χ3v) is 3.82. The molecule has 0 radical (unpaired) electrons. The number of anilines is 1. The summed E-state index contributed by atoms with van der Waals surface area (Å²) in [7, 11) is 0. The lowest BCUT2D eigenvalue weighted by atomic mass is 10.0. The fraction of sp³-hybridized carbons (Fsp3) is 0.471. The van der Waals surface area contributed by atoms with Gasteiger partial charge in [-0.25, -0.2) is 0 Å². The molecule has 0 bridgehead atoms. The topological polar surface area (TPSA) is 43.8 Å². The summed E-state index contributed by atoms with van der Waals surface area (Å²) in [5, 5.41) is 4.64. The van der Waals surface area contributed by atoms with Gasteiger partial charge in [-0.05, 0) is 29.9 Å². The van der Waals surface area contributed by atoms with Crippen LogP contribution in [0.4, 0.5) is 5.69 Å². The summed E-state index contributed by atoms with van der Waals surface area (Å²) in [6.45, 7) is 9.45. The molecule has 3 heteroatoms. The van der Waals surface area contributed by atoms with Crippen LogP contribution in [0.5, 0.6) is 0 Å². The van der Waals surface area contributed by atoms with Gasteiger partial charge in [0.1, 0.15) is 0 Å². The van der Waals surface area contributed by atoms with E-state index in [1.54, 1.807) is 0 Å². The van der Waals surface area contributed by atoms with E-state index in [2.05, 4.69) is 61.7 Å².